The molecule has 26 heavy (non-hydrogen) atoms. The Morgan fingerprint density at radius 2 is 1.88 bits per heavy atom. The summed E-state index contributed by atoms with van der Waals surface area (Å²) in [5, 5.41) is 17.3. The van der Waals surface area contributed by atoms with Crippen LogP contribution < -0.4 is 20.1 Å². The third-order valence-electron chi connectivity index (χ3n) is 3.44. The molecule has 2 heterocycles. The van der Waals surface area contributed by atoms with Gasteiger partial charge in [0.1, 0.15) is 17.3 Å². The number of nitrogens with one attached hydrogen (secondary N) is 2. The lowest BCUT2D eigenvalue weighted by atomic mass is 10.2. The molecule has 0 aliphatic heterocycles. The molecule has 0 saturated heterocycles. The molecule has 9 heteroatoms. The summed E-state index contributed by atoms with van der Waals surface area (Å²) in [6.07, 6.45) is 0. The topological polar surface area (TPSA) is 111 Å². The number of amides is 1. The van der Waals surface area contributed by atoms with Crippen LogP contribution in [0, 0.1) is 6.92 Å². The van der Waals surface area contributed by atoms with Crippen LogP contribution in [-0.2, 0) is 0 Å². The maximum absolute atomic E-state index is 12.4. The average molecular weight is 355 g/mol. The van der Waals surface area contributed by atoms with Crippen molar-refractivity contribution < 1.29 is 18.8 Å². The second kappa shape index (κ2) is 7.51. The summed E-state index contributed by atoms with van der Waals surface area (Å²) in [5.74, 6) is 2.29. The SMILES string of the molecule is COc1ccc(OC)c(NC(=O)c2ccc(Nc3cc(C)on3)nn2)c1. The fourth-order valence-corrected chi connectivity index (χ4v) is 2.17. The molecule has 0 spiro atoms. The lowest BCUT2D eigenvalue weighted by Crippen LogP contribution is -2.15. The number of aryl methyl sites for hydroxylation is 1. The molecule has 0 atom stereocenters. The molecule has 134 valence electrons. The summed E-state index contributed by atoms with van der Waals surface area (Å²) in [6, 6.07) is 9.98. The van der Waals surface area contributed by atoms with Crippen molar-refractivity contribution in [1.82, 2.24) is 15.4 Å². The zero-order valence-corrected chi connectivity index (χ0v) is 14.4. The van der Waals surface area contributed by atoms with Crippen LogP contribution in [0.1, 0.15) is 16.2 Å². The van der Waals surface area contributed by atoms with E-state index in [1.54, 1.807) is 50.4 Å². The van der Waals surface area contributed by atoms with E-state index in [0.717, 1.165) is 0 Å². The van der Waals surface area contributed by atoms with Crippen LogP contribution in [0.5, 0.6) is 11.5 Å². The van der Waals surface area contributed by atoms with E-state index in [0.29, 0.717) is 34.6 Å². The summed E-state index contributed by atoms with van der Waals surface area (Å²) < 4.78 is 15.4. The summed E-state index contributed by atoms with van der Waals surface area (Å²) in [4.78, 5) is 12.4. The number of nitrogens with zero attached hydrogens (tertiary/aromatic N) is 3. The molecule has 0 unspecified atom stereocenters. The number of ether oxygens (including phenoxy) is 2. The van der Waals surface area contributed by atoms with Gasteiger partial charge >= 0.3 is 0 Å². The number of rotatable bonds is 6. The number of hydrogen-bond acceptors (Lipinski definition) is 8. The van der Waals surface area contributed by atoms with E-state index < -0.39 is 5.91 Å². The first-order valence-corrected chi connectivity index (χ1v) is 7.66. The Kier molecular flexibility index (Phi) is 4.97. The van der Waals surface area contributed by atoms with E-state index in [4.69, 9.17) is 14.0 Å². The highest BCUT2D eigenvalue weighted by Gasteiger charge is 2.13. The molecule has 0 aliphatic carbocycles. The maximum Gasteiger partial charge on any atom is 0.276 e. The van der Waals surface area contributed by atoms with Crippen LogP contribution in [0.3, 0.4) is 0 Å². The zero-order chi connectivity index (χ0) is 18.5. The number of carbonyl (C=O) groups is 1. The van der Waals surface area contributed by atoms with Crippen LogP contribution >= 0.6 is 0 Å². The van der Waals surface area contributed by atoms with Gasteiger partial charge in [0.05, 0.1) is 19.9 Å². The van der Waals surface area contributed by atoms with Crippen LogP contribution in [0.4, 0.5) is 17.3 Å². The van der Waals surface area contributed by atoms with Crippen molar-refractivity contribution in [3.8, 4) is 11.5 Å². The van der Waals surface area contributed by atoms with Crippen molar-refractivity contribution in [2.24, 2.45) is 0 Å². The number of anilines is 3. The smallest absolute Gasteiger partial charge is 0.276 e. The normalized spacial score (nSPS) is 10.3. The molecular formula is C17H17N5O4. The summed E-state index contributed by atoms with van der Waals surface area (Å²) in [5.41, 5.74) is 0.621. The highest BCUT2D eigenvalue weighted by molar-refractivity contribution is 6.03. The van der Waals surface area contributed by atoms with Gasteiger partial charge in [-0.1, -0.05) is 5.16 Å². The predicted molar refractivity (Wildman–Crippen MR) is 94.1 cm³/mol. The van der Waals surface area contributed by atoms with Gasteiger partial charge in [0.2, 0.25) is 0 Å². The fourth-order valence-electron chi connectivity index (χ4n) is 2.17. The Labute approximate surface area is 149 Å². The maximum atomic E-state index is 12.4. The minimum Gasteiger partial charge on any atom is -0.497 e. The molecule has 2 aromatic heterocycles. The van der Waals surface area contributed by atoms with E-state index in [2.05, 4.69) is 26.0 Å². The largest absolute Gasteiger partial charge is 0.497 e. The van der Waals surface area contributed by atoms with Crippen molar-refractivity contribution in [3.63, 3.8) is 0 Å². The molecule has 0 radical (unpaired) electrons. The van der Waals surface area contributed by atoms with Crippen molar-refractivity contribution in [2.45, 2.75) is 6.92 Å². The molecule has 3 rings (SSSR count). The summed E-state index contributed by atoms with van der Waals surface area (Å²) in [7, 11) is 3.06. The quantitative estimate of drug-likeness (QED) is 0.694. The Morgan fingerprint density at radius 1 is 1.04 bits per heavy atom. The summed E-state index contributed by atoms with van der Waals surface area (Å²) in [6.45, 7) is 1.78. The molecule has 1 amide bonds. The number of hydrogen-bond donors (Lipinski definition) is 2. The first-order valence-electron chi connectivity index (χ1n) is 7.66. The van der Waals surface area contributed by atoms with Crippen LogP contribution in [0.2, 0.25) is 0 Å². The lowest BCUT2D eigenvalue weighted by Gasteiger charge is -2.11. The number of carbonyl (C=O) groups excluding carboxylic acids is 1. The van der Waals surface area contributed by atoms with Gasteiger partial charge in [-0.25, -0.2) is 0 Å². The van der Waals surface area contributed by atoms with E-state index >= 15 is 0 Å². The van der Waals surface area contributed by atoms with E-state index in [-0.39, 0.29) is 5.69 Å². The van der Waals surface area contributed by atoms with E-state index in [9.17, 15) is 4.79 Å². The van der Waals surface area contributed by atoms with Gasteiger partial charge in [-0.05, 0) is 31.2 Å². The minimum absolute atomic E-state index is 0.150. The Bertz CT molecular complexity index is 908. The number of benzene rings is 1. The van der Waals surface area contributed by atoms with Gasteiger partial charge in [-0.15, -0.1) is 10.2 Å². The summed E-state index contributed by atoms with van der Waals surface area (Å²) >= 11 is 0. The first kappa shape index (κ1) is 17.2. The van der Waals surface area contributed by atoms with Crippen molar-refractivity contribution in [3.05, 3.63) is 47.9 Å². The van der Waals surface area contributed by atoms with Crippen LogP contribution in [0.25, 0.3) is 0 Å². The van der Waals surface area contributed by atoms with Crippen molar-refractivity contribution >= 4 is 23.2 Å². The molecule has 0 bridgehead atoms. The van der Waals surface area contributed by atoms with Gasteiger partial charge in [0.15, 0.2) is 17.3 Å². The number of aromatic nitrogens is 3. The molecule has 1 aromatic carbocycles. The average Bonchev–Trinajstić information content (AvgIpc) is 3.07. The highest BCUT2D eigenvalue weighted by Crippen LogP contribution is 2.29. The molecule has 0 saturated carbocycles. The zero-order valence-electron chi connectivity index (χ0n) is 14.4. The molecule has 3 aromatic rings. The second-order valence-electron chi connectivity index (χ2n) is 5.27. The van der Waals surface area contributed by atoms with Gasteiger partial charge < -0.3 is 24.6 Å². The predicted octanol–water partition coefficient (Wildman–Crippen LogP) is 2.79. The van der Waals surface area contributed by atoms with E-state index in [1.807, 2.05) is 0 Å². The molecule has 9 nitrogen and oxygen atoms in total. The van der Waals surface area contributed by atoms with Gasteiger partial charge in [-0.3, -0.25) is 4.79 Å². The Hall–Kier alpha value is -3.62. The third kappa shape index (κ3) is 3.89. The van der Waals surface area contributed by atoms with E-state index in [1.165, 1.54) is 7.11 Å². The van der Waals surface area contributed by atoms with Crippen LogP contribution in [0.15, 0.2) is 40.9 Å². The third-order valence-corrected chi connectivity index (χ3v) is 3.44. The van der Waals surface area contributed by atoms with Crippen molar-refractivity contribution in [2.75, 3.05) is 24.9 Å². The fraction of sp³-hybridized carbons (Fsp3) is 0.176. The van der Waals surface area contributed by atoms with Gasteiger partial charge in [0.25, 0.3) is 5.91 Å². The standard InChI is InChI=1S/C17H17N5O4/c1-10-8-16(22-26-10)19-15-7-5-12(20-21-15)17(23)18-13-9-11(24-2)4-6-14(13)25-3/h4-9H,1-3H3,(H,18,23)(H,19,21,22). The molecule has 0 aliphatic rings. The lowest BCUT2D eigenvalue weighted by molar-refractivity contribution is 0.102. The van der Waals surface area contributed by atoms with Gasteiger partial charge in [-0.2, -0.15) is 0 Å². The highest BCUT2D eigenvalue weighted by atomic mass is 16.5. The van der Waals surface area contributed by atoms with Crippen LogP contribution in [-0.4, -0.2) is 35.5 Å². The van der Waals surface area contributed by atoms with Crippen molar-refractivity contribution in [1.29, 1.82) is 0 Å². The Morgan fingerprint density at radius 3 is 2.50 bits per heavy atom. The molecule has 2 N–H and O–H groups in total. The monoisotopic (exact) mass is 355 g/mol. The molecular weight excluding hydrogens is 338 g/mol. The first-order chi connectivity index (χ1) is 12.6. The second-order valence-corrected chi connectivity index (χ2v) is 5.27. The Balaban J connectivity index is 1.72. The molecule has 0 fully saturated rings. The minimum atomic E-state index is -0.423. The number of methoxy groups -OCH3 is 2. The van der Waals surface area contributed by atoms with Gasteiger partial charge in [0, 0.05) is 12.1 Å².